The van der Waals surface area contributed by atoms with E-state index in [1.54, 1.807) is 6.07 Å². The van der Waals surface area contributed by atoms with Gasteiger partial charge in [-0.15, -0.1) is 0 Å². The summed E-state index contributed by atoms with van der Waals surface area (Å²) in [6, 6.07) is 13.5. The standard InChI is InChI=1S/C24H22N2O4/c27-23(25-11-10-15-13-26-21-7-2-1-4-17(15)21)14-29-16-8-9-19-18-5-3-6-20(18)24(28)30-22(19)12-16/h1-2,4,7-9,12-13,26H,3,5-6,10-11,14H2,(H,25,27). The molecular weight excluding hydrogens is 380 g/mol. The van der Waals surface area contributed by atoms with E-state index in [9.17, 15) is 9.59 Å². The Morgan fingerprint density at radius 2 is 1.97 bits per heavy atom. The molecule has 2 heterocycles. The van der Waals surface area contributed by atoms with Crippen LogP contribution in [0.4, 0.5) is 0 Å². The fourth-order valence-electron chi connectivity index (χ4n) is 4.23. The molecule has 0 radical (unpaired) electrons. The summed E-state index contributed by atoms with van der Waals surface area (Å²) in [7, 11) is 0. The molecule has 6 nitrogen and oxygen atoms in total. The summed E-state index contributed by atoms with van der Waals surface area (Å²) in [5.74, 6) is 0.320. The second kappa shape index (κ2) is 7.71. The van der Waals surface area contributed by atoms with Gasteiger partial charge in [-0.2, -0.15) is 0 Å². The van der Waals surface area contributed by atoms with E-state index in [1.807, 2.05) is 36.5 Å². The minimum absolute atomic E-state index is 0.0887. The highest BCUT2D eigenvalue weighted by atomic mass is 16.5. The number of hydrogen-bond donors (Lipinski definition) is 2. The molecule has 1 amide bonds. The molecular formula is C24H22N2O4. The smallest absolute Gasteiger partial charge is 0.339 e. The number of aromatic amines is 1. The van der Waals surface area contributed by atoms with Crippen LogP contribution in [0.25, 0.3) is 21.9 Å². The number of rotatable bonds is 6. The van der Waals surface area contributed by atoms with Gasteiger partial charge in [0.15, 0.2) is 6.61 Å². The van der Waals surface area contributed by atoms with E-state index < -0.39 is 0 Å². The quantitative estimate of drug-likeness (QED) is 0.484. The molecule has 152 valence electrons. The molecule has 0 atom stereocenters. The molecule has 5 rings (SSSR count). The maximum absolute atomic E-state index is 12.2. The number of aromatic nitrogens is 1. The van der Waals surface area contributed by atoms with Crippen molar-refractivity contribution in [2.24, 2.45) is 0 Å². The Bertz CT molecular complexity index is 1300. The Morgan fingerprint density at radius 1 is 1.10 bits per heavy atom. The fourth-order valence-corrected chi connectivity index (χ4v) is 4.23. The Hall–Kier alpha value is -3.54. The largest absolute Gasteiger partial charge is 0.484 e. The van der Waals surface area contributed by atoms with Crippen LogP contribution >= 0.6 is 0 Å². The van der Waals surface area contributed by atoms with Crippen LogP contribution in [0.1, 0.15) is 23.1 Å². The predicted octanol–water partition coefficient (Wildman–Crippen LogP) is 3.50. The number of H-pyrrole nitrogens is 1. The molecule has 4 aromatic rings. The van der Waals surface area contributed by atoms with E-state index in [4.69, 9.17) is 9.15 Å². The van der Waals surface area contributed by atoms with Crippen LogP contribution < -0.4 is 15.7 Å². The van der Waals surface area contributed by atoms with Gasteiger partial charge in [0.1, 0.15) is 11.3 Å². The molecule has 0 aliphatic heterocycles. The lowest BCUT2D eigenvalue weighted by Gasteiger charge is -2.09. The number of amides is 1. The SMILES string of the molecule is O=C(COc1ccc2c3c(c(=O)oc2c1)CCC3)NCCc1c[nH]c2ccccc12. The van der Waals surface area contributed by atoms with E-state index in [0.717, 1.165) is 47.7 Å². The van der Waals surface area contributed by atoms with Crippen LogP contribution in [0.5, 0.6) is 5.75 Å². The topological polar surface area (TPSA) is 84.3 Å². The molecule has 0 spiro atoms. The van der Waals surface area contributed by atoms with E-state index in [-0.39, 0.29) is 18.1 Å². The first-order valence-corrected chi connectivity index (χ1v) is 10.2. The molecule has 0 bridgehead atoms. The van der Waals surface area contributed by atoms with Gasteiger partial charge in [-0.1, -0.05) is 18.2 Å². The zero-order valence-corrected chi connectivity index (χ0v) is 16.5. The summed E-state index contributed by atoms with van der Waals surface area (Å²) >= 11 is 0. The zero-order chi connectivity index (χ0) is 20.5. The lowest BCUT2D eigenvalue weighted by atomic mass is 10.1. The first-order chi connectivity index (χ1) is 14.7. The van der Waals surface area contributed by atoms with Crippen LogP contribution in [-0.2, 0) is 24.1 Å². The van der Waals surface area contributed by atoms with Crippen LogP contribution in [0.15, 0.2) is 57.9 Å². The van der Waals surface area contributed by atoms with Gasteiger partial charge in [0.25, 0.3) is 5.91 Å². The summed E-state index contributed by atoms with van der Waals surface area (Å²) in [6.45, 7) is 0.442. The Labute approximate surface area is 172 Å². The van der Waals surface area contributed by atoms with E-state index in [0.29, 0.717) is 17.9 Å². The zero-order valence-electron chi connectivity index (χ0n) is 16.5. The molecule has 2 N–H and O–H groups in total. The van der Waals surface area contributed by atoms with Crippen molar-refractivity contribution in [1.29, 1.82) is 0 Å². The van der Waals surface area contributed by atoms with Crippen molar-refractivity contribution in [2.75, 3.05) is 13.2 Å². The summed E-state index contributed by atoms with van der Waals surface area (Å²) in [6.07, 6.45) is 5.38. The lowest BCUT2D eigenvalue weighted by Crippen LogP contribution is -2.30. The molecule has 6 heteroatoms. The summed E-state index contributed by atoms with van der Waals surface area (Å²) in [5.41, 5.74) is 4.40. The molecule has 2 aromatic carbocycles. The van der Waals surface area contributed by atoms with Crippen LogP contribution in [0.3, 0.4) is 0 Å². The minimum Gasteiger partial charge on any atom is -0.484 e. The van der Waals surface area contributed by atoms with E-state index >= 15 is 0 Å². The van der Waals surface area contributed by atoms with Crippen LogP contribution in [-0.4, -0.2) is 24.0 Å². The highest BCUT2D eigenvalue weighted by Gasteiger charge is 2.19. The number of benzene rings is 2. The number of hydrogen-bond acceptors (Lipinski definition) is 4. The summed E-state index contributed by atoms with van der Waals surface area (Å²) < 4.78 is 11.1. The third-order valence-corrected chi connectivity index (χ3v) is 5.71. The third-order valence-electron chi connectivity index (χ3n) is 5.71. The van der Waals surface area contributed by atoms with E-state index in [2.05, 4.69) is 16.4 Å². The maximum Gasteiger partial charge on any atom is 0.339 e. The van der Waals surface area contributed by atoms with Gasteiger partial charge < -0.3 is 19.5 Å². The Kier molecular flexibility index (Phi) is 4.75. The van der Waals surface area contributed by atoms with Crippen molar-refractivity contribution < 1.29 is 13.9 Å². The summed E-state index contributed by atoms with van der Waals surface area (Å²) in [4.78, 5) is 27.5. The van der Waals surface area contributed by atoms with Crippen molar-refractivity contribution in [3.05, 3.63) is 75.8 Å². The monoisotopic (exact) mass is 402 g/mol. The number of para-hydroxylation sites is 1. The number of ether oxygens (including phenoxy) is 1. The number of aryl methyl sites for hydroxylation is 1. The minimum atomic E-state index is -0.262. The number of fused-ring (bicyclic) bond motifs is 4. The van der Waals surface area contributed by atoms with Crippen LogP contribution in [0.2, 0.25) is 0 Å². The van der Waals surface area contributed by atoms with Crippen molar-refractivity contribution in [3.63, 3.8) is 0 Å². The average molecular weight is 402 g/mol. The fraction of sp³-hybridized carbons (Fsp3) is 0.250. The second-order valence-electron chi connectivity index (χ2n) is 7.61. The van der Waals surface area contributed by atoms with Crippen LogP contribution in [0, 0.1) is 0 Å². The molecule has 0 saturated carbocycles. The number of carbonyl (C=O) groups excluding carboxylic acids is 1. The number of carbonyl (C=O) groups is 1. The van der Waals surface area contributed by atoms with Crippen molar-refractivity contribution >= 4 is 27.8 Å². The second-order valence-corrected chi connectivity index (χ2v) is 7.61. The van der Waals surface area contributed by atoms with Gasteiger partial charge in [0.2, 0.25) is 0 Å². The van der Waals surface area contributed by atoms with Crippen molar-refractivity contribution in [1.82, 2.24) is 10.3 Å². The first-order valence-electron chi connectivity index (χ1n) is 10.2. The van der Waals surface area contributed by atoms with Gasteiger partial charge in [0.05, 0.1) is 0 Å². The molecule has 0 fully saturated rings. The Morgan fingerprint density at radius 3 is 2.90 bits per heavy atom. The van der Waals surface area contributed by atoms with E-state index in [1.165, 1.54) is 10.9 Å². The third kappa shape index (κ3) is 3.45. The van der Waals surface area contributed by atoms with Crippen molar-refractivity contribution in [2.45, 2.75) is 25.7 Å². The molecule has 0 unspecified atom stereocenters. The first kappa shape index (κ1) is 18.5. The van der Waals surface area contributed by atoms with Gasteiger partial charge in [-0.25, -0.2) is 4.79 Å². The lowest BCUT2D eigenvalue weighted by molar-refractivity contribution is -0.123. The van der Waals surface area contributed by atoms with Crippen molar-refractivity contribution in [3.8, 4) is 5.75 Å². The van der Waals surface area contributed by atoms with Gasteiger partial charge >= 0.3 is 5.63 Å². The predicted molar refractivity (Wildman–Crippen MR) is 115 cm³/mol. The van der Waals surface area contributed by atoms with Gasteiger partial charge in [-0.3, -0.25) is 4.79 Å². The normalized spacial score (nSPS) is 12.9. The molecule has 1 aliphatic carbocycles. The molecule has 1 aliphatic rings. The molecule has 0 saturated heterocycles. The molecule has 30 heavy (non-hydrogen) atoms. The summed E-state index contributed by atoms with van der Waals surface area (Å²) in [5, 5.41) is 5.01. The Balaban J connectivity index is 1.19. The average Bonchev–Trinajstić information content (AvgIpc) is 3.40. The van der Waals surface area contributed by atoms with Gasteiger partial charge in [-0.05, 0) is 55.0 Å². The highest BCUT2D eigenvalue weighted by Crippen LogP contribution is 2.29. The highest BCUT2D eigenvalue weighted by molar-refractivity contribution is 5.84. The number of nitrogens with one attached hydrogen (secondary N) is 2. The van der Waals surface area contributed by atoms with Gasteiger partial charge in [0, 0.05) is 40.7 Å². The molecule has 2 aromatic heterocycles. The maximum atomic E-state index is 12.2.